The van der Waals surface area contributed by atoms with Gasteiger partial charge in [-0.25, -0.2) is 0 Å². The maximum absolute atomic E-state index is 11.8. The average Bonchev–Trinajstić information content (AvgIpc) is 2.99. The second kappa shape index (κ2) is 4.24. The number of H-pyrrole nitrogens is 1. The molecular weight excluding hydrogens is 220 g/mol. The molecule has 1 N–H and O–H groups in total. The van der Waals surface area contributed by atoms with Crippen LogP contribution in [0.5, 0.6) is 0 Å². The standard InChI is InChI=1S/C12H14N2O3/c15-12-10(9-6-7-16-13-9)11(17-14-12)8-4-2-1-3-5-8/h6-8H,1-5H2,(H,14,15). The van der Waals surface area contributed by atoms with E-state index in [1.54, 1.807) is 6.07 Å². The first-order valence-corrected chi connectivity index (χ1v) is 5.98. The van der Waals surface area contributed by atoms with Crippen LogP contribution in [-0.2, 0) is 0 Å². The Bertz CT molecular complexity index is 532. The van der Waals surface area contributed by atoms with Crippen molar-refractivity contribution >= 4 is 0 Å². The largest absolute Gasteiger partial charge is 0.382 e. The van der Waals surface area contributed by atoms with E-state index < -0.39 is 0 Å². The molecule has 0 bridgehead atoms. The minimum Gasteiger partial charge on any atom is -0.382 e. The van der Waals surface area contributed by atoms with Crippen molar-refractivity contribution in [1.82, 2.24) is 10.3 Å². The molecule has 0 radical (unpaired) electrons. The molecule has 1 fully saturated rings. The quantitative estimate of drug-likeness (QED) is 0.867. The minimum atomic E-state index is -0.223. The van der Waals surface area contributed by atoms with Crippen molar-refractivity contribution in [2.24, 2.45) is 0 Å². The number of nitrogens with one attached hydrogen (secondary N) is 1. The molecule has 1 saturated carbocycles. The van der Waals surface area contributed by atoms with Crippen LogP contribution >= 0.6 is 0 Å². The van der Waals surface area contributed by atoms with Gasteiger partial charge in [-0.1, -0.05) is 24.4 Å². The maximum atomic E-state index is 11.8. The highest BCUT2D eigenvalue weighted by molar-refractivity contribution is 5.59. The predicted octanol–water partition coefficient (Wildman–Crippen LogP) is 2.67. The van der Waals surface area contributed by atoms with Crippen molar-refractivity contribution in [3.8, 4) is 11.3 Å². The summed E-state index contributed by atoms with van der Waals surface area (Å²) in [5.41, 5.74) is 0.866. The van der Waals surface area contributed by atoms with E-state index in [-0.39, 0.29) is 5.56 Å². The Morgan fingerprint density at radius 2 is 2.12 bits per heavy atom. The zero-order chi connectivity index (χ0) is 11.7. The SMILES string of the molecule is O=c1[nH]oc(C2CCCCC2)c1-c1ccon1. The van der Waals surface area contributed by atoms with E-state index in [9.17, 15) is 4.79 Å². The molecule has 17 heavy (non-hydrogen) atoms. The normalized spacial score (nSPS) is 17.4. The van der Waals surface area contributed by atoms with Crippen LogP contribution in [0.4, 0.5) is 0 Å². The third-order valence-corrected chi connectivity index (χ3v) is 3.40. The van der Waals surface area contributed by atoms with Gasteiger partial charge in [-0.05, 0) is 12.8 Å². The molecule has 1 aliphatic carbocycles. The smallest absolute Gasteiger partial charge is 0.289 e. The van der Waals surface area contributed by atoms with Gasteiger partial charge < -0.3 is 9.05 Å². The molecule has 5 heteroatoms. The number of aromatic nitrogens is 2. The van der Waals surface area contributed by atoms with Crippen molar-refractivity contribution in [3.05, 3.63) is 28.4 Å². The molecule has 0 aromatic carbocycles. The second-order valence-corrected chi connectivity index (χ2v) is 4.49. The molecule has 2 heterocycles. The van der Waals surface area contributed by atoms with E-state index in [4.69, 9.17) is 9.05 Å². The van der Waals surface area contributed by atoms with Crippen LogP contribution in [0.3, 0.4) is 0 Å². The van der Waals surface area contributed by atoms with Gasteiger partial charge in [-0.15, -0.1) is 0 Å². The Morgan fingerprint density at radius 3 is 2.82 bits per heavy atom. The molecule has 0 atom stereocenters. The number of nitrogens with zero attached hydrogens (tertiary/aromatic N) is 1. The van der Waals surface area contributed by atoms with Crippen LogP contribution in [0.2, 0.25) is 0 Å². The van der Waals surface area contributed by atoms with Crippen LogP contribution in [0, 0.1) is 0 Å². The third kappa shape index (κ3) is 1.81. The maximum Gasteiger partial charge on any atom is 0.289 e. The summed E-state index contributed by atoms with van der Waals surface area (Å²) in [6.07, 6.45) is 7.27. The number of hydrogen-bond acceptors (Lipinski definition) is 4. The van der Waals surface area contributed by atoms with Crippen LogP contribution in [0.25, 0.3) is 11.3 Å². The molecule has 90 valence electrons. The molecule has 1 aliphatic rings. The summed E-state index contributed by atoms with van der Waals surface area (Å²) in [4.78, 5) is 11.8. The van der Waals surface area contributed by atoms with Crippen molar-refractivity contribution in [2.45, 2.75) is 38.0 Å². The lowest BCUT2D eigenvalue weighted by atomic mass is 9.86. The van der Waals surface area contributed by atoms with Crippen LogP contribution in [0.15, 0.2) is 26.2 Å². The molecular formula is C12H14N2O3. The van der Waals surface area contributed by atoms with E-state index in [0.717, 1.165) is 18.6 Å². The number of aromatic amines is 1. The van der Waals surface area contributed by atoms with Gasteiger partial charge in [0.25, 0.3) is 5.56 Å². The van der Waals surface area contributed by atoms with E-state index >= 15 is 0 Å². The first kappa shape index (κ1) is 10.4. The van der Waals surface area contributed by atoms with Gasteiger partial charge >= 0.3 is 0 Å². The highest BCUT2D eigenvalue weighted by Crippen LogP contribution is 2.36. The van der Waals surface area contributed by atoms with E-state index in [2.05, 4.69) is 10.3 Å². The van der Waals surface area contributed by atoms with Gasteiger partial charge in [0.15, 0.2) is 5.76 Å². The molecule has 3 rings (SSSR count). The molecule has 2 aromatic heterocycles. The lowest BCUT2D eigenvalue weighted by molar-refractivity contribution is 0.319. The van der Waals surface area contributed by atoms with Crippen molar-refractivity contribution in [3.63, 3.8) is 0 Å². The lowest BCUT2D eigenvalue weighted by Crippen LogP contribution is -2.08. The topological polar surface area (TPSA) is 72.0 Å². The highest BCUT2D eigenvalue weighted by atomic mass is 16.5. The minimum absolute atomic E-state index is 0.223. The average molecular weight is 234 g/mol. The molecule has 5 nitrogen and oxygen atoms in total. The predicted molar refractivity (Wildman–Crippen MR) is 60.7 cm³/mol. The Labute approximate surface area is 97.8 Å². The third-order valence-electron chi connectivity index (χ3n) is 3.40. The van der Waals surface area contributed by atoms with Crippen LogP contribution in [-0.4, -0.2) is 10.3 Å². The molecule has 2 aromatic rings. The lowest BCUT2D eigenvalue weighted by Gasteiger charge is -2.19. The second-order valence-electron chi connectivity index (χ2n) is 4.49. The zero-order valence-electron chi connectivity index (χ0n) is 9.44. The molecule has 0 aliphatic heterocycles. The number of hydrogen-bond donors (Lipinski definition) is 1. The van der Waals surface area contributed by atoms with Crippen molar-refractivity contribution < 1.29 is 9.05 Å². The van der Waals surface area contributed by atoms with E-state index in [1.807, 2.05) is 0 Å². The van der Waals surface area contributed by atoms with Crippen molar-refractivity contribution in [2.75, 3.05) is 0 Å². The Kier molecular flexibility index (Phi) is 2.59. The van der Waals surface area contributed by atoms with Gasteiger partial charge in [0.05, 0.1) is 0 Å². The molecule has 0 unspecified atom stereocenters. The van der Waals surface area contributed by atoms with Gasteiger partial charge in [-0.3, -0.25) is 4.79 Å². The fourth-order valence-electron chi connectivity index (χ4n) is 2.55. The van der Waals surface area contributed by atoms with Gasteiger partial charge in [0, 0.05) is 12.0 Å². The summed E-state index contributed by atoms with van der Waals surface area (Å²) in [5, 5.41) is 6.23. The van der Waals surface area contributed by atoms with Gasteiger partial charge in [0.2, 0.25) is 0 Å². The van der Waals surface area contributed by atoms with E-state index in [0.29, 0.717) is 17.2 Å². The fraction of sp³-hybridized carbons (Fsp3) is 0.500. The summed E-state index contributed by atoms with van der Waals surface area (Å²) in [5.74, 6) is 1.07. The molecule has 0 amide bonds. The Hall–Kier alpha value is -1.78. The zero-order valence-corrected chi connectivity index (χ0v) is 9.44. The summed E-state index contributed by atoms with van der Waals surface area (Å²) in [7, 11) is 0. The monoisotopic (exact) mass is 234 g/mol. The Morgan fingerprint density at radius 1 is 1.29 bits per heavy atom. The van der Waals surface area contributed by atoms with Gasteiger partial charge in [-0.2, -0.15) is 5.16 Å². The molecule has 0 saturated heterocycles. The summed E-state index contributed by atoms with van der Waals surface area (Å²) >= 11 is 0. The highest BCUT2D eigenvalue weighted by Gasteiger charge is 2.26. The molecule has 0 spiro atoms. The first-order chi connectivity index (χ1) is 8.36. The van der Waals surface area contributed by atoms with Gasteiger partial charge in [0.1, 0.15) is 17.5 Å². The summed E-state index contributed by atoms with van der Waals surface area (Å²) < 4.78 is 10.1. The Balaban J connectivity index is 2.03. The fourth-order valence-corrected chi connectivity index (χ4v) is 2.55. The summed E-state index contributed by atoms with van der Waals surface area (Å²) in [6.45, 7) is 0. The van der Waals surface area contributed by atoms with Crippen molar-refractivity contribution in [1.29, 1.82) is 0 Å². The van der Waals surface area contributed by atoms with E-state index in [1.165, 1.54) is 25.5 Å². The summed E-state index contributed by atoms with van der Waals surface area (Å²) in [6, 6.07) is 1.69. The first-order valence-electron chi connectivity index (χ1n) is 5.98. The van der Waals surface area contributed by atoms with Crippen LogP contribution in [0.1, 0.15) is 43.8 Å². The van der Waals surface area contributed by atoms with Crippen LogP contribution < -0.4 is 5.56 Å². The number of rotatable bonds is 2.